The van der Waals surface area contributed by atoms with Crippen molar-refractivity contribution >= 4 is 17.6 Å². The van der Waals surface area contributed by atoms with Crippen molar-refractivity contribution in [2.75, 3.05) is 0 Å². The van der Waals surface area contributed by atoms with E-state index < -0.39 is 5.97 Å². The molecule has 0 aliphatic rings. The molecular weight excluding hydrogens is 188 g/mol. The molecule has 0 unspecified atom stereocenters. The second kappa shape index (κ2) is 4.67. The van der Waals surface area contributed by atoms with Crippen molar-refractivity contribution in [1.29, 1.82) is 0 Å². The molecule has 0 saturated heterocycles. The summed E-state index contributed by atoms with van der Waals surface area (Å²) in [5.74, 6) is -0.929. The molecule has 0 aromatic heterocycles. The van der Waals surface area contributed by atoms with Crippen LogP contribution < -0.4 is 0 Å². The maximum Gasteiger partial charge on any atom is 0.327 e. The van der Waals surface area contributed by atoms with Crippen molar-refractivity contribution in [3.05, 3.63) is 47.0 Å². The zero-order chi connectivity index (χ0) is 9.68. The number of halogens is 1. The molecule has 13 heavy (non-hydrogen) atoms. The van der Waals surface area contributed by atoms with Crippen LogP contribution in [0.5, 0.6) is 0 Å². The SMILES string of the molecule is O=C(O)/C=C/Cc1cccc(Cl)c1. The minimum absolute atomic E-state index is 0.590. The van der Waals surface area contributed by atoms with Crippen molar-refractivity contribution in [1.82, 2.24) is 0 Å². The van der Waals surface area contributed by atoms with E-state index in [0.29, 0.717) is 11.4 Å². The standard InChI is InChI=1S/C10H9ClO2/c11-9-5-1-3-8(7-9)4-2-6-10(12)13/h1-3,5-7H,4H2,(H,12,13)/b6-2+. The zero-order valence-electron chi connectivity index (χ0n) is 6.90. The highest BCUT2D eigenvalue weighted by Gasteiger charge is 1.91. The first-order chi connectivity index (χ1) is 6.18. The first-order valence-corrected chi connectivity index (χ1v) is 4.20. The van der Waals surface area contributed by atoms with E-state index in [9.17, 15) is 4.79 Å². The van der Waals surface area contributed by atoms with E-state index in [1.165, 1.54) is 0 Å². The fraction of sp³-hybridized carbons (Fsp3) is 0.100. The van der Waals surface area contributed by atoms with Gasteiger partial charge in [0.2, 0.25) is 0 Å². The highest BCUT2D eigenvalue weighted by atomic mass is 35.5. The predicted octanol–water partition coefficient (Wildman–Crippen LogP) is 2.52. The molecule has 0 atom stereocenters. The summed E-state index contributed by atoms with van der Waals surface area (Å²) >= 11 is 5.75. The Hall–Kier alpha value is -1.28. The molecule has 0 heterocycles. The molecule has 0 fully saturated rings. The Labute approximate surface area is 81.5 Å². The van der Waals surface area contributed by atoms with Crippen molar-refractivity contribution in [2.45, 2.75) is 6.42 Å². The number of hydrogen-bond donors (Lipinski definition) is 1. The van der Waals surface area contributed by atoms with Crippen LogP contribution in [0.15, 0.2) is 36.4 Å². The van der Waals surface area contributed by atoms with E-state index in [1.807, 2.05) is 18.2 Å². The topological polar surface area (TPSA) is 37.3 Å². The first-order valence-electron chi connectivity index (χ1n) is 3.82. The van der Waals surface area contributed by atoms with E-state index in [4.69, 9.17) is 16.7 Å². The van der Waals surface area contributed by atoms with Crippen LogP contribution >= 0.6 is 11.6 Å². The zero-order valence-corrected chi connectivity index (χ0v) is 7.66. The van der Waals surface area contributed by atoms with Gasteiger partial charge in [-0.1, -0.05) is 29.8 Å². The maximum absolute atomic E-state index is 10.1. The number of allylic oxidation sites excluding steroid dienone is 1. The minimum atomic E-state index is -0.929. The van der Waals surface area contributed by atoms with Crippen molar-refractivity contribution in [3.8, 4) is 0 Å². The van der Waals surface area contributed by atoms with Gasteiger partial charge in [0.25, 0.3) is 0 Å². The Kier molecular flexibility index (Phi) is 3.53. The van der Waals surface area contributed by atoms with Gasteiger partial charge in [-0.3, -0.25) is 0 Å². The summed E-state index contributed by atoms with van der Waals surface area (Å²) in [5, 5.41) is 9.00. The first kappa shape index (κ1) is 9.81. The van der Waals surface area contributed by atoms with Crippen LogP contribution in [-0.2, 0) is 11.2 Å². The Balaban J connectivity index is 2.59. The molecule has 0 aliphatic carbocycles. The molecular formula is C10H9ClO2. The fourth-order valence-electron chi connectivity index (χ4n) is 0.960. The van der Waals surface area contributed by atoms with Gasteiger partial charge >= 0.3 is 5.97 Å². The molecule has 0 spiro atoms. The summed E-state index contributed by atoms with van der Waals surface area (Å²) in [6.07, 6.45) is 3.31. The number of aliphatic carboxylic acids is 1. The molecule has 1 aromatic carbocycles. The number of rotatable bonds is 3. The number of hydrogen-bond acceptors (Lipinski definition) is 1. The Morgan fingerprint density at radius 3 is 2.92 bits per heavy atom. The molecule has 0 radical (unpaired) electrons. The molecule has 3 heteroatoms. The van der Waals surface area contributed by atoms with E-state index in [-0.39, 0.29) is 0 Å². The fourth-order valence-corrected chi connectivity index (χ4v) is 1.17. The van der Waals surface area contributed by atoms with Gasteiger partial charge in [-0.25, -0.2) is 4.79 Å². The average molecular weight is 197 g/mol. The molecule has 1 rings (SSSR count). The van der Waals surface area contributed by atoms with Gasteiger partial charge < -0.3 is 5.11 Å². The van der Waals surface area contributed by atoms with Gasteiger partial charge in [-0.2, -0.15) is 0 Å². The Bertz CT molecular complexity index is 331. The van der Waals surface area contributed by atoms with Crippen molar-refractivity contribution in [3.63, 3.8) is 0 Å². The summed E-state index contributed by atoms with van der Waals surface area (Å²) < 4.78 is 0. The Morgan fingerprint density at radius 1 is 1.54 bits per heavy atom. The molecule has 68 valence electrons. The average Bonchev–Trinajstić information content (AvgIpc) is 2.03. The lowest BCUT2D eigenvalue weighted by molar-refractivity contribution is -0.131. The van der Waals surface area contributed by atoms with Crippen LogP contribution in [0.3, 0.4) is 0 Å². The summed E-state index contributed by atoms with van der Waals surface area (Å²) in [5.41, 5.74) is 1.00. The largest absolute Gasteiger partial charge is 0.478 e. The second-order valence-corrected chi connectivity index (χ2v) is 3.01. The van der Waals surface area contributed by atoms with Gasteiger partial charge in [0.05, 0.1) is 0 Å². The van der Waals surface area contributed by atoms with Gasteiger partial charge in [0.15, 0.2) is 0 Å². The van der Waals surface area contributed by atoms with Gasteiger partial charge in [0.1, 0.15) is 0 Å². The third kappa shape index (κ3) is 3.76. The molecule has 0 bridgehead atoms. The predicted molar refractivity (Wildman–Crippen MR) is 51.9 cm³/mol. The number of carbonyl (C=O) groups is 1. The van der Waals surface area contributed by atoms with Crippen molar-refractivity contribution in [2.24, 2.45) is 0 Å². The summed E-state index contributed by atoms with van der Waals surface area (Å²) in [6, 6.07) is 7.34. The lowest BCUT2D eigenvalue weighted by Gasteiger charge is -1.95. The van der Waals surface area contributed by atoms with Gasteiger partial charge in [-0.05, 0) is 24.1 Å². The maximum atomic E-state index is 10.1. The van der Waals surface area contributed by atoms with Crippen LogP contribution in [0.4, 0.5) is 0 Å². The van der Waals surface area contributed by atoms with Crippen LogP contribution in [0.1, 0.15) is 5.56 Å². The van der Waals surface area contributed by atoms with Gasteiger partial charge in [0, 0.05) is 11.1 Å². The molecule has 1 aromatic rings. The monoisotopic (exact) mass is 196 g/mol. The van der Waals surface area contributed by atoms with E-state index in [2.05, 4.69) is 0 Å². The van der Waals surface area contributed by atoms with Gasteiger partial charge in [-0.15, -0.1) is 0 Å². The van der Waals surface area contributed by atoms with E-state index in [1.54, 1.807) is 12.1 Å². The Morgan fingerprint density at radius 2 is 2.31 bits per heavy atom. The van der Waals surface area contributed by atoms with E-state index >= 15 is 0 Å². The van der Waals surface area contributed by atoms with Crippen LogP contribution in [0.2, 0.25) is 5.02 Å². The normalized spacial score (nSPS) is 10.5. The van der Waals surface area contributed by atoms with Crippen LogP contribution in [0.25, 0.3) is 0 Å². The third-order valence-corrected chi connectivity index (χ3v) is 1.74. The lowest BCUT2D eigenvalue weighted by Crippen LogP contribution is -1.87. The summed E-state index contributed by atoms with van der Waals surface area (Å²) in [4.78, 5) is 10.1. The summed E-state index contributed by atoms with van der Waals surface area (Å²) in [7, 11) is 0. The summed E-state index contributed by atoms with van der Waals surface area (Å²) in [6.45, 7) is 0. The van der Waals surface area contributed by atoms with E-state index in [0.717, 1.165) is 11.6 Å². The third-order valence-electron chi connectivity index (χ3n) is 1.50. The highest BCUT2D eigenvalue weighted by molar-refractivity contribution is 6.30. The molecule has 0 aliphatic heterocycles. The van der Waals surface area contributed by atoms with Crippen LogP contribution in [-0.4, -0.2) is 11.1 Å². The number of carboxylic acids is 1. The molecule has 1 N–H and O–H groups in total. The molecule has 0 saturated carbocycles. The molecule has 2 nitrogen and oxygen atoms in total. The quantitative estimate of drug-likeness (QED) is 0.755. The lowest BCUT2D eigenvalue weighted by atomic mass is 10.1. The number of benzene rings is 1. The van der Waals surface area contributed by atoms with Crippen LogP contribution in [0, 0.1) is 0 Å². The minimum Gasteiger partial charge on any atom is -0.478 e. The second-order valence-electron chi connectivity index (χ2n) is 2.57. The van der Waals surface area contributed by atoms with Crippen molar-refractivity contribution < 1.29 is 9.90 Å². The highest BCUT2D eigenvalue weighted by Crippen LogP contribution is 2.11. The molecule has 0 amide bonds. The smallest absolute Gasteiger partial charge is 0.327 e. The number of carboxylic acid groups (broad SMARTS) is 1.